The molecule has 0 saturated carbocycles. The molecule has 0 aliphatic carbocycles. The van der Waals surface area contributed by atoms with Gasteiger partial charge in [-0.1, -0.05) is 31.7 Å². The molecule has 1 aromatic rings. The van der Waals surface area contributed by atoms with Crippen molar-refractivity contribution in [1.29, 1.82) is 0 Å². The average molecular weight is 190 g/mol. The van der Waals surface area contributed by atoms with E-state index in [4.69, 9.17) is 0 Å². The predicted octanol–water partition coefficient (Wildman–Crippen LogP) is 0.236. The first-order valence-electron chi connectivity index (χ1n) is 4.47. The Morgan fingerprint density at radius 3 is 2.93 bits per heavy atom. The Bertz CT molecular complexity index is 425. The van der Waals surface area contributed by atoms with Crippen molar-refractivity contribution in [1.82, 2.24) is 15.4 Å². The third-order valence-electron chi connectivity index (χ3n) is 1.47. The SMILES string of the molecule is C=C/C=c1/[nH]nn/c1=C/N=C/C(C)C. The van der Waals surface area contributed by atoms with Crippen LogP contribution in [0.15, 0.2) is 17.6 Å². The molecule has 0 aromatic carbocycles. The lowest BCUT2D eigenvalue weighted by molar-refractivity contribution is 0.908. The highest BCUT2D eigenvalue weighted by Gasteiger charge is 1.86. The molecular weight excluding hydrogens is 176 g/mol. The van der Waals surface area contributed by atoms with E-state index in [1.54, 1.807) is 18.4 Å². The number of nitrogens with zero attached hydrogens (tertiary/aromatic N) is 3. The summed E-state index contributed by atoms with van der Waals surface area (Å²) in [4.78, 5) is 4.13. The van der Waals surface area contributed by atoms with Crippen LogP contribution in [-0.4, -0.2) is 21.6 Å². The molecule has 0 atom stereocenters. The van der Waals surface area contributed by atoms with Gasteiger partial charge in [0.2, 0.25) is 0 Å². The van der Waals surface area contributed by atoms with Gasteiger partial charge in [-0.05, 0) is 12.0 Å². The Morgan fingerprint density at radius 2 is 2.29 bits per heavy atom. The van der Waals surface area contributed by atoms with Crippen LogP contribution in [0.3, 0.4) is 0 Å². The number of allylic oxidation sites excluding steroid dienone is 1. The fraction of sp³-hybridized carbons (Fsp3) is 0.300. The van der Waals surface area contributed by atoms with E-state index in [0.717, 1.165) is 10.7 Å². The molecule has 0 saturated heterocycles. The zero-order valence-electron chi connectivity index (χ0n) is 8.44. The summed E-state index contributed by atoms with van der Waals surface area (Å²) < 4.78 is 0. The van der Waals surface area contributed by atoms with Crippen molar-refractivity contribution in [3.8, 4) is 0 Å². The van der Waals surface area contributed by atoms with E-state index in [0.29, 0.717) is 5.92 Å². The standard InChI is InChI=1S/C10H14N4/c1-4-5-9-10(13-14-12-9)7-11-6-8(2)3/h4-8H,1H2,2-3H3,(H,12,13)/b9-5+,10-7+,11-6+. The summed E-state index contributed by atoms with van der Waals surface area (Å²) in [6.45, 7) is 7.73. The number of rotatable bonds is 3. The number of aliphatic imine (C=N–C) groups is 1. The number of aromatic nitrogens is 3. The van der Waals surface area contributed by atoms with Gasteiger partial charge in [-0.3, -0.25) is 10.1 Å². The normalized spacial score (nSPS) is 14.5. The van der Waals surface area contributed by atoms with Gasteiger partial charge in [0.05, 0.1) is 11.5 Å². The molecule has 0 aliphatic rings. The van der Waals surface area contributed by atoms with Crippen LogP contribution in [0.1, 0.15) is 13.8 Å². The van der Waals surface area contributed by atoms with Crippen LogP contribution in [-0.2, 0) is 0 Å². The molecule has 74 valence electrons. The van der Waals surface area contributed by atoms with Gasteiger partial charge < -0.3 is 0 Å². The number of hydrogen-bond donors (Lipinski definition) is 1. The quantitative estimate of drug-likeness (QED) is 0.694. The lowest BCUT2D eigenvalue weighted by atomic mass is 10.2. The Morgan fingerprint density at radius 1 is 1.50 bits per heavy atom. The highest BCUT2D eigenvalue weighted by molar-refractivity contribution is 5.62. The molecule has 0 fully saturated rings. The average Bonchev–Trinajstić information content (AvgIpc) is 2.53. The Kier molecular flexibility index (Phi) is 3.79. The number of nitrogens with one attached hydrogen (secondary N) is 1. The lowest BCUT2D eigenvalue weighted by Gasteiger charge is -1.87. The van der Waals surface area contributed by atoms with Crippen LogP contribution >= 0.6 is 0 Å². The Labute approximate surface area is 82.8 Å². The van der Waals surface area contributed by atoms with Crippen LogP contribution in [0.25, 0.3) is 12.3 Å². The van der Waals surface area contributed by atoms with Crippen molar-refractivity contribution in [2.24, 2.45) is 10.9 Å². The first-order valence-corrected chi connectivity index (χ1v) is 4.47. The Hall–Kier alpha value is -1.71. The van der Waals surface area contributed by atoms with E-state index in [9.17, 15) is 0 Å². The van der Waals surface area contributed by atoms with Gasteiger partial charge in [-0.2, -0.15) is 0 Å². The maximum atomic E-state index is 4.13. The zero-order chi connectivity index (χ0) is 10.4. The molecule has 1 heterocycles. The smallest absolute Gasteiger partial charge is 0.131 e. The topological polar surface area (TPSA) is 53.9 Å². The fourth-order valence-corrected chi connectivity index (χ4v) is 0.866. The molecule has 1 rings (SSSR count). The Balaban J connectivity index is 3.01. The van der Waals surface area contributed by atoms with E-state index in [1.165, 1.54) is 0 Å². The van der Waals surface area contributed by atoms with Gasteiger partial charge in [0.1, 0.15) is 5.35 Å². The molecular formula is C10H14N4. The first-order chi connectivity index (χ1) is 6.74. The molecule has 0 amide bonds. The summed E-state index contributed by atoms with van der Waals surface area (Å²) >= 11 is 0. The van der Waals surface area contributed by atoms with E-state index >= 15 is 0 Å². The summed E-state index contributed by atoms with van der Waals surface area (Å²) in [6, 6.07) is 0. The van der Waals surface area contributed by atoms with Crippen molar-refractivity contribution in [3.63, 3.8) is 0 Å². The molecule has 1 aromatic heterocycles. The van der Waals surface area contributed by atoms with E-state index < -0.39 is 0 Å². The summed E-state index contributed by atoms with van der Waals surface area (Å²) in [5.41, 5.74) is 0. The van der Waals surface area contributed by atoms with Gasteiger partial charge in [0.25, 0.3) is 0 Å². The monoisotopic (exact) mass is 190 g/mol. The highest BCUT2D eigenvalue weighted by atomic mass is 15.3. The summed E-state index contributed by atoms with van der Waals surface area (Å²) in [6.07, 6.45) is 7.01. The highest BCUT2D eigenvalue weighted by Crippen LogP contribution is 1.84. The van der Waals surface area contributed by atoms with Gasteiger partial charge >= 0.3 is 0 Å². The zero-order valence-corrected chi connectivity index (χ0v) is 8.44. The lowest BCUT2D eigenvalue weighted by Crippen LogP contribution is -2.23. The van der Waals surface area contributed by atoms with Crippen molar-refractivity contribution in [2.75, 3.05) is 0 Å². The maximum absolute atomic E-state index is 4.13. The van der Waals surface area contributed by atoms with Crippen LogP contribution in [0, 0.1) is 5.92 Å². The van der Waals surface area contributed by atoms with E-state index in [1.807, 2.05) is 6.21 Å². The summed E-state index contributed by atoms with van der Waals surface area (Å²) in [5, 5.41) is 11.9. The second-order valence-corrected chi connectivity index (χ2v) is 3.18. The number of H-pyrrole nitrogens is 1. The second kappa shape index (κ2) is 5.11. The van der Waals surface area contributed by atoms with Crippen LogP contribution in [0.5, 0.6) is 0 Å². The van der Waals surface area contributed by atoms with Gasteiger partial charge in [0.15, 0.2) is 0 Å². The van der Waals surface area contributed by atoms with E-state index in [2.05, 4.69) is 40.8 Å². The van der Waals surface area contributed by atoms with Crippen molar-refractivity contribution < 1.29 is 0 Å². The second-order valence-electron chi connectivity index (χ2n) is 3.18. The molecule has 0 aliphatic heterocycles. The number of hydrogen-bond acceptors (Lipinski definition) is 3. The summed E-state index contributed by atoms with van der Waals surface area (Å²) in [5.74, 6) is 0.435. The molecule has 0 radical (unpaired) electrons. The molecule has 0 spiro atoms. The van der Waals surface area contributed by atoms with E-state index in [-0.39, 0.29) is 0 Å². The largest absolute Gasteiger partial charge is 0.266 e. The molecule has 4 nitrogen and oxygen atoms in total. The first kappa shape index (κ1) is 10.4. The third kappa shape index (κ3) is 2.97. The minimum atomic E-state index is 0.435. The number of aromatic amines is 1. The van der Waals surface area contributed by atoms with Crippen LogP contribution in [0.4, 0.5) is 0 Å². The predicted molar refractivity (Wildman–Crippen MR) is 58.1 cm³/mol. The molecule has 0 bridgehead atoms. The van der Waals surface area contributed by atoms with Gasteiger partial charge in [-0.25, -0.2) is 0 Å². The van der Waals surface area contributed by atoms with Crippen molar-refractivity contribution in [3.05, 3.63) is 23.4 Å². The van der Waals surface area contributed by atoms with Crippen molar-refractivity contribution in [2.45, 2.75) is 13.8 Å². The fourth-order valence-electron chi connectivity index (χ4n) is 0.866. The van der Waals surface area contributed by atoms with Gasteiger partial charge in [0, 0.05) is 6.21 Å². The minimum Gasteiger partial charge on any atom is -0.266 e. The third-order valence-corrected chi connectivity index (χ3v) is 1.47. The molecule has 0 unspecified atom stereocenters. The van der Waals surface area contributed by atoms with Crippen molar-refractivity contribution >= 4 is 18.5 Å². The van der Waals surface area contributed by atoms with Crippen LogP contribution in [0.2, 0.25) is 0 Å². The molecule has 4 heteroatoms. The summed E-state index contributed by atoms with van der Waals surface area (Å²) in [7, 11) is 0. The van der Waals surface area contributed by atoms with Crippen LogP contribution < -0.4 is 10.7 Å². The maximum Gasteiger partial charge on any atom is 0.131 e. The van der Waals surface area contributed by atoms with Gasteiger partial charge in [-0.15, -0.1) is 5.10 Å². The minimum absolute atomic E-state index is 0.435. The molecule has 1 N–H and O–H groups in total. The molecule has 14 heavy (non-hydrogen) atoms.